The highest BCUT2D eigenvalue weighted by Gasteiger charge is 2.25. The summed E-state index contributed by atoms with van der Waals surface area (Å²) >= 11 is 12.7. The van der Waals surface area contributed by atoms with Crippen LogP contribution in [0.15, 0.2) is 42.5 Å². The van der Waals surface area contributed by atoms with Gasteiger partial charge >= 0.3 is 0 Å². The quantitative estimate of drug-likeness (QED) is 0.425. The van der Waals surface area contributed by atoms with Crippen molar-refractivity contribution in [2.75, 3.05) is 13.1 Å². The van der Waals surface area contributed by atoms with Crippen molar-refractivity contribution in [1.29, 1.82) is 0 Å². The minimum atomic E-state index is -0.240. The van der Waals surface area contributed by atoms with Crippen molar-refractivity contribution in [1.82, 2.24) is 40.2 Å². The summed E-state index contributed by atoms with van der Waals surface area (Å²) < 4.78 is 3.54. The highest BCUT2D eigenvalue weighted by Crippen LogP contribution is 2.33. The molecule has 9 nitrogen and oxygen atoms in total. The number of benzene rings is 2. The van der Waals surface area contributed by atoms with Crippen LogP contribution in [-0.2, 0) is 7.05 Å². The monoisotopic (exact) mass is 510 g/mol. The number of carbonyl (C=O) groups excluding carboxylic acids is 1. The Hall–Kier alpha value is -3.27. The van der Waals surface area contributed by atoms with Crippen LogP contribution >= 0.6 is 23.2 Å². The van der Waals surface area contributed by atoms with Crippen LogP contribution in [0.4, 0.5) is 0 Å². The fraction of sp³-hybridized carbons (Fsp3) is 0.292. The van der Waals surface area contributed by atoms with Crippen molar-refractivity contribution in [3.8, 4) is 28.5 Å². The normalized spacial score (nSPS) is 14.3. The zero-order valence-corrected chi connectivity index (χ0v) is 20.9. The Kier molecular flexibility index (Phi) is 6.55. The molecule has 1 amide bonds. The molecule has 1 saturated heterocycles. The number of nitrogens with one attached hydrogen (secondary N) is 1. The Morgan fingerprint density at radius 3 is 2.40 bits per heavy atom. The lowest BCUT2D eigenvalue weighted by molar-refractivity contribution is 0.0744. The molecule has 4 aromatic rings. The van der Waals surface area contributed by atoms with E-state index in [1.807, 2.05) is 46.8 Å². The summed E-state index contributed by atoms with van der Waals surface area (Å²) in [6.07, 6.45) is 3.30. The largest absolute Gasteiger partial charge is 0.296 e. The van der Waals surface area contributed by atoms with Gasteiger partial charge in [0.25, 0.3) is 5.91 Å². The molecule has 0 spiro atoms. The van der Waals surface area contributed by atoms with Crippen LogP contribution in [0.25, 0.3) is 28.5 Å². The molecular weight excluding hydrogens is 487 g/mol. The van der Waals surface area contributed by atoms with Gasteiger partial charge in [-0.3, -0.25) is 14.8 Å². The third kappa shape index (κ3) is 4.67. The molecule has 35 heavy (non-hydrogen) atoms. The zero-order valence-electron chi connectivity index (χ0n) is 19.4. The molecule has 0 aliphatic carbocycles. The number of rotatable bonds is 5. The van der Waals surface area contributed by atoms with Gasteiger partial charge in [0.2, 0.25) is 0 Å². The van der Waals surface area contributed by atoms with Gasteiger partial charge < -0.3 is 0 Å². The molecule has 1 fully saturated rings. The third-order valence-corrected chi connectivity index (χ3v) is 6.66. The number of amides is 1. The topological polar surface area (TPSA) is 93.8 Å². The van der Waals surface area contributed by atoms with E-state index in [1.165, 1.54) is 6.42 Å². The molecule has 1 aliphatic heterocycles. The van der Waals surface area contributed by atoms with E-state index in [9.17, 15) is 4.79 Å². The molecule has 1 aliphatic rings. The van der Waals surface area contributed by atoms with Gasteiger partial charge in [-0.15, -0.1) is 5.10 Å². The molecule has 5 rings (SSSR count). The molecule has 2 aromatic carbocycles. The summed E-state index contributed by atoms with van der Waals surface area (Å²) in [5, 5.41) is 14.6. The summed E-state index contributed by atoms with van der Waals surface area (Å²) in [6, 6.07) is 13.0. The number of aromatic nitrogens is 6. The first-order chi connectivity index (χ1) is 16.9. The van der Waals surface area contributed by atoms with Gasteiger partial charge in [0.1, 0.15) is 5.82 Å². The smallest absolute Gasteiger partial charge is 0.286 e. The number of halogens is 2. The standard InChI is InChI=1S/C24H24Cl2N8O/c1-15-21(24(35)29-33-12-4-3-5-13-33)27-23(19-11-8-17(25)14-20(19)26)34(15)18-9-6-16(7-10-18)22-28-30-31-32(22)2/h6-11,14H,3-5,12-13H2,1-2H3,(H,29,35). The van der Waals surface area contributed by atoms with E-state index >= 15 is 0 Å². The summed E-state index contributed by atoms with van der Waals surface area (Å²) in [5.41, 5.74) is 6.44. The number of tetrazole rings is 1. The maximum atomic E-state index is 13.2. The molecule has 180 valence electrons. The van der Waals surface area contributed by atoms with Crippen molar-refractivity contribution in [3.63, 3.8) is 0 Å². The molecule has 2 aromatic heterocycles. The van der Waals surface area contributed by atoms with Crippen molar-refractivity contribution in [2.45, 2.75) is 26.2 Å². The molecule has 0 atom stereocenters. The van der Waals surface area contributed by atoms with Crippen LogP contribution < -0.4 is 5.43 Å². The van der Waals surface area contributed by atoms with E-state index in [4.69, 9.17) is 28.2 Å². The Labute approximate surface area is 212 Å². The van der Waals surface area contributed by atoms with Gasteiger partial charge in [0, 0.05) is 42.0 Å². The predicted octanol–water partition coefficient (Wildman–Crippen LogP) is 4.48. The lowest BCUT2D eigenvalue weighted by atomic mass is 10.1. The highest BCUT2D eigenvalue weighted by molar-refractivity contribution is 6.36. The van der Waals surface area contributed by atoms with Gasteiger partial charge in [-0.1, -0.05) is 29.6 Å². The average Bonchev–Trinajstić information content (AvgIpc) is 3.43. The second kappa shape index (κ2) is 9.77. The summed E-state index contributed by atoms with van der Waals surface area (Å²) in [7, 11) is 1.79. The van der Waals surface area contributed by atoms with Crippen LogP contribution in [0.2, 0.25) is 10.0 Å². The number of hydrogen-bond acceptors (Lipinski definition) is 6. The Morgan fingerprint density at radius 2 is 1.74 bits per heavy atom. The molecule has 0 unspecified atom stereocenters. The summed E-state index contributed by atoms with van der Waals surface area (Å²) in [5.74, 6) is 0.971. The first kappa shape index (κ1) is 23.5. The molecular formula is C24H24Cl2N8O. The lowest BCUT2D eigenvalue weighted by Gasteiger charge is -2.26. The third-order valence-electron chi connectivity index (χ3n) is 6.11. The molecule has 0 saturated carbocycles. The first-order valence-electron chi connectivity index (χ1n) is 11.4. The first-order valence-corrected chi connectivity index (χ1v) is 12.1. The maximum Gasteiger partial charge on any atom is 0.286 e. The Bertz CT molecular complexity index is 1370. The van der Waals surface area contributed by atoms with E-state index in [2.05, 4.69) is 21.0 Å². The average molecular weight is 511 g/mol. The van der Waals surface area contributed by atoms with Crippen LogP contribution in [0.5, 0.6) is 0 Å². The minimum absolute atomic E-state index is 0.240. The molecule has 3 heterocycles. The highest BCUT2D eigenvalue weighted by atomic mass is 35.5. The van der Waals surface area contributed by atoms with Gasteiger partial charge in [0.15, 0.2) is 11.5 Å². The van der Waals surface area contributed by atoms with E-state index in [0.29, 0.717) is 38.6 Å². The van der Waals surface area contributed by atoms with Gasteiger partial charge in [-0.25, -0.2) is 14.7 Å². The lowest BCUT2D eigenvalue weighted by Crippen LogP contribution is -2.45. The van der Waals surface area contributed by atoms with Gasteiger partial charge in [-0.05, 0) is 72.7 Å². The fourth-order valence-corrected chi connectivity index (χ4v) is 4.81. The van der Waals surface area contributed by atoms with Gasteiger partial charge in [0.05, 0.1) is 10.7 Å². The number of hydrogen-bond donors (Lipinski definition) is 1. The Balaban J connectivity index is 1.58. The summed E-state index contributed by atoms with van der Waals surface area (Å²) in [6.45, 7) is 3.55. The van der Waals surface area contributed by atoms with Crippen molar-refractivity contribution in [3.05, 3.63) is 63.9 Å². The SMILES string of the molecule is Cc1c(C(=O)NN2CCCCC2)nc(-c2ccc(Cl)cc2Cl)n1-c1ccc(-c2nnnn2C)cc1. The van der Waals surface area contributed by atoms with Crippen molar-refractivity contribution in [2.24, 2.45) is 7.05 Å². The number of hydrazine groups is 1. The van der Waals surface area contributed by atoms with Crippen molar-refractivity contribution < 1.29 is 4.79 Å². The molecule has 11 heteroatoms. The van der Waals surface area contributed by atoms with E-state index in [1.54, 1.807) is 23.9 Å². The van der Waals surface area contributed by atoms with E-state index < -0.39 is 0 Å². The second-order valence-corrected chi connectivity index (χ2v) is 9.33. The number of imidazole rings is 1. The van der Waals surface area contributed by atoms with Crippen LogP contribution in [0, 0.1) is 6.92 Å². The zero-order chi connectivity index (χ0) is 24.5. The molecule has 1 N–H and O–H groups in total. The minimum Gasteiger partial charge on any atom is -0.296 e. The van der Waals surface area contributed by atoms with Crippen LogP contribution in [0.1, 0.15) is 35.4 Å². The number of nitrogens with zero attached hydrogens (tertiary/aromatic N) is 7. The Morgan fingerprint density at radius 1 is 1.00 bits per heavy atom. The summed E-state index contributed by atoms with van der Waals surface area (Å²) in [4.78, 5) is 18.0. The number of carbonyl (C=O) groups is 1. The predicted molar refractivity (Wildman–Crippen MR) is 134 cm³/mol. The van der Waals surface area contributed by atoms with Gasteiger partial charge in [-0.2, -0.15) is 0 Å². The second-order valence-electron chi connectivity index (χ2n) is 8.49. The fourth-order valence-electron chi connectivity index (χ4n) is 4.32. The van der Waals surface area contributed by atoms with Crippen molar-refractivity contribution >= 4 is 29.1 Å². The maximum absolute atomic E-state index is 13.2. The number of piperidine rings is 1. The van der Waals surface area contributed by atoms with Crippen LogP contribution in [0.3, 0.4) is 0 Å². The molecule has 0 bridgehead atoms. The van der Waals surface area contributed by atoms with E-state index in [-0.39, 0.29) is 5.91 Å². The van der Waals surface area contributed by atoms with Crippen LogP contribution in [-0.4, -0.2) is 53.8 Å². The number of aryl methyl sites for hydroxylation is 1. The van der Waals surface area contributed by atoms with E-state index in [0.717, 1.165) is 37.2 Å². The molecule has 0 radical (unpaired) electrons.